The first-order valence-corrected chi connectivity index (χ1v) is 8.74. The predicted octanol–water partition coefficient (Wildman–Crippen LogP) is 4.37. The van der Waals surface area contributed by atoms with Gasteiger partial charge in [-0.1, -0.05) is 22.0 Å². The van der Waals surface area contributed by atoms with Crippen LogP contribution in [0.5, 0.6) is 0 Å². The summed E-state index contributed by atoms with van der Waals surface area (Å²) in [5.41, 5.74) is 0.550. The van der Waals surface area contributed by atoms with Crippen molar-refractivity contribution in [3.05, 3.63) is 28.9 Å². The van der Waals surface area contributed by atoms with Crippen molar-refractivity contribution in [1.29, 1.82) is 0 Å². The second-order valence-corrected chi connectivity index (χ2v) is 7.83. The monoisotopic (exact) mass is 379 g/mol. The lowest BCUT2D eigenvalue weighted by molar-refractivity contribution is 0.0185. The molecule has 3 rings (SSSR count). The molecule has 0 aliphatic carbocycles. The Kier molecular flexibility index (Phi) is 4.36. The molecular weight excluding hydrogens is 358 g/mol. The van der Waals surface area contributed by atoms with Crippen molar-refractivity contribution in [3.63, 3.8) is 0 Å². The number of amides is 1. The number of fused-ring (bicyclic) bond motifs is 1. The summed E-state index contributed by atoms with van der Waals surface area (Å²) in [6.07, 6.45) is 3.66. The molecule has 6 heteroatoms. The fourth-order valence-corrected chi connectivity index (χ4v) is 3.31. The number of hydrogen-bond acceptors (Lipinski definition) is 3. The number of aromatic nitrogens is 2. The number of piperidine rings is 1. The van der Waals surface area contributed by atoms with E-state index in [0.717, 1.165) is 28.2 Å². The lowest BCUT2D eigenvalue weighted by Crippen LogP contribution is -2.42. The van der Waals surface area contributed by atoms with Gasteiger partial charge in [0.05, 0.1) is 11.6 Å². The molecule has 0 saturated carbocycles. The molecule has 0 unspecified atom stereocenters. The minimum absolute atomic E-state index is 0.218. The van der Waals surface area contributed by atoms with Gasteiger partial charge in [-0.25, -0.2) is 4.79 Å². The summed E-state index contributed by atoms with van der Waals surface area (Å²) in [7, 11) is 0. The van der Waals surface area contributed by atoms with E-state index in [9.17, 15) is 4.79 Å². The summed E-state index contributed by atoms with van der Waals surface area (Å²) < 4.78 is 8.55. The van der Waals surface area contributed by atoms with Crippen LogP contribution in [0.1, 0.15) is 39.7 Å². The number of hydrogen-bond donors (Lipinski definition) is 0. The molecule has 0 radical (unpaired) electrons. The average Bonchev–Trinajstić information content (AvgIpc) is 2.91. The van der Waals surface area contributed by atoms with Crippen molar-refractivity contribution in [2.45, 2.75) is 45.3 Å². The summed E-state index contributed by atoms with van der Waals surface area (Å²) in [4.78, 5) is 13.9. The number of benzene rings is 1. The summed E-state index contributed by atoms with van der Waals surface area (Å²) in [5.74, 6) is 0. The Labute approximate surface area is 144 Å². The quantitative estimate of drug-likeness (QED) is 0.738. The molecule has 1 saturated heterocycles. The van der Waals surface area contributed by atoms with Gasteiger partial charge in [-0.05, 0) is 45.7 Å². The molecule has 0 N–H and O–H groups in total. The van der Waals surface area contributed by atoms with Crippen LogP contribution in [-0.2, 0) is 4.74 Å². The lowest BCUT2D eigenvalue weighted by atomic mass is 10.1. The second-order valence-electron chi connectivity index (χ2n) is 6.98. The van der Waals surface area contributed by atoms with Gasteiger partial charge in [0.15, 0.2) is 0 Å². The standard InChI is InChI=1S/C17H22BrN3O2/c1-17(2,3)23-16(22)20-9-7-12(8-10-20)21-11-13-14(18)5-4-6-15(13)19-21/h4-6,11-12H,7-10H2,1-3H3. The lowest BCUT2D eigenvalue weighted by Gasteiger charge is -2.33. The number of likely N-dealkylation sites (tertiary alicyclic amines) is 1. The minimum Gasteiger partial charge on any atom is -0.444 e. The van der Waals surface area contributed by atoms with E-state index in [1.165, 1.54) is 0 Å². The molecule has 1 amide bonds. The smallest absolute Gasteiger partial charge is 0.410 e. The van der Waals surface area contributed by atoms with Crippen LogP contribution in [0.3, 0.4) is 0 Å². The van der Waals surface area contributed by atoms with Gasteiger partial charge in [0.1, 0.15) is 5.60 Å². The molecule has 2 aromatic rings. The largest absolute Gasteiger partial charge is 0.444 e. The molecule has 2 heterocycles. The van der Waals surface area contributed by atoms with Crippen molar-refractivity contribution < 1.29 is 9.53 Å². The number of rotatable bonds is 1. The van der Waals surface area contributed by atoms with E-state index in [2.05, 4.69) is 27.2 Å². The minimum atomic E-state index is -0.445. The van der Waals surface area contributed by atoms with Crippen molar-refractivity contribution in [2.24, 2.45) is 0 Å². The van der Waals surface area contributed by atoms with Gasteiger partial charge >= 0.3 is 6.09 Å². The van der Waals surface area contributed by atoms with Crippen LogP contribution in [0.4, 0.5) is 4.79 Å². The van der Waals surface area contributed by atoms with Gasteiger partial charge in [0.25, 0.3) is 0 Å². The van der Waals surface area contributed by atoms with E-state index >= 15 is 0 Å². The summed E-state index contributed by atoms with van der Waals surface area (Å²) in [5, 5.41) is 5.81. The molecule has 0 bridgehead atoms. The van der Waals surface area contributed by atoms with Crippen LogP contribution in [0.2, 0.25) is 0 Å². The number of carbonyl (C=O) groups excluding carboxylic acids is 1. The maximum atomic E-state index is 12.1. The van der Waals surface area contributed by atoms with Gasteiger partial charge in [-0.3, -0.25) is 4.68 Å². The van der Waals surface area contributed by atoms with Crippen LogP contribution < -0.4 is 0 Å². The van der Waals surface area contributed by atoms with Crippen LogP contribution in [0.15, 0.2) is 28.9 Å². The third-order valence-corrected chi connectivity index (χ3v) is 4.70. The first kappa shape index (κ1) is 16.3. The molecular formula is C17H22BrN3O2. The first-order chi connectivity index (χ1) is 10.8. The van der Waals surface area contributed by atoms with E-state index in [1.807, 2.05) is 43.7 Å². The highest BCUT2D eigenvalue weighted by molar-refractivity contribution is 9.10. The number of nitrogens with zero attached hydrogens (tertiary/aromatic N) is 3. The van der Waals surface area contributed by atoms with E-state index in [-0.39, 0.29) is 6.09 Å². The van der Waals surface area contributed by atoms with Crippen LogP contribution in [0.25, 0.3) is 10.9 Å². The fourth-order valence-electron chi connectivity index (χ4n) is 2.85. The van der Waals surface area contributed by atoms with Crippen LogP contribution >= 0.6 is 15.9 Å². The Balaban J connectivity index is 1.66. The normalized spacial score (nSPS) is 16.8. The molecule has 1 aromatic heterocycles. The van der Waals surface area contributed by atoms with Crippen molar-refractivity contribution in [1.82, 2.24) is 14.7 Å². The zero-order valence-electron chi connectivity index (χ0n) is 13.8. The molecule has 1 aliphatic heterocycles. The van der Waals surface area contributed by atoms with Gasteiger partial charge < -0.3 is 9.64 Å². The van der Waals surface area contributed by atoms with E-state index in [1.54, 1.807) is 4.90 Å². The Morgan fingerprint density at radius 1 is 1.30 bits per heavy atom. The highest BCUT2D eigenvalue weighted by Crippen LogP contribution is 2.28. The molecule has 124 valence electrons. The summed E-state index contributed by atoms with van der Waals surface area (Å²) in [6, 6.07) is 6.37. The van der Waals surface area contributed by atoms with Gasteiger partial charge in [-0.2, -0.15) is 5.10 Å². The van der Waals surface area contributed by atoms with Gasteiger partial charge in [0.2, 0.25) is 0 Å². The third-order valence-electron chi connectivity index (χ3n) is 4.00. The second kappa shape index (κ2) is 6.15. The molecule has 0 spiro atoms. The topological polar surface area (TPSA) is 47.4 Å². The molecule has 1 fully saturated rings. The fraction of sp³-hybridized carbons (Fsp3) is 0.529. The molecule has 1 aliphatic rings. The predicted molar refractivity (Wildman–Crippen MR) is 93.5 cm³/mol. The molecule has 5 nitrogen and oxygen atoms in total. The zero-order chi connectivity index (χ0) is 16.6. The highest BCUT2D eigenvalue weighted by atomic mass is 79.9. The van der Waals surface area contributed by atoms with E-state index in [4.69, 9.17) is 4.74 Å². The average molecular weight is 380 g/mol. The van der Waals surface area contributed by atoms with Crippen molar-refractivity contribution >= 4 is 32.9 Å². The Hall–Kier alpha value is -1.56. The number of ether oxygens (including phenoxy) is 1. The first-order valence-electron chi connectivity index (χ1n) is 7.95. The molecule has 0 atom stereocenters. The van der Waals surface area contributed by atoms with Gasteiger partial charge in [0, 0.05) is 29.1 Å². The summed E-state index contributed by atoms with van der Waals surface area (Å²) >= 11 is 3.57. The Morgan fingerprint density at radius 2 is 2.00 bits per heavy atom. The third kappa shape index (κ3) is 3.68. The summed E-state index contributed by atoms with van der Waals surface area (Å²) in [6.45, 7) is 7.09. The Bertz CT molecular complexity index is 712. The maximum Gasteiger partial charge on any atom is 0.410 e. The highest BCUT2D eigenvalue weighted by Gasteiger charge is 2.28. The van der Waals surface area contributed by atoms with Gasteiger partial charge in [-0.15, -0.1) is 0 Å². The van der Waals surface area contributed by atoms with Crippen molar-refractivity contribution in [2.75, 3.05) is 13.1 Å². The van der Waals surface area contributed by atoms with Crippen molar-refractivity contribution in [3.8, 4) is 0 Å². The molecule has 1 aromatic carbocycles. The van der Waals surface area contributed by atoms with E-state index < -0.39 is 5.60 Å². The zero-order valence-corrected chi connectivity index (χ0v) is 15.3. The maximum absolute atomic E-state index is 12.1. The number of carbonyl (C=O) groups is 1. The van der Waals surface area contributed by atoms with Crippen LogP contribution in [-0.4, -0.2) is 39.5 Å². The number of halogens is 1. The molecule has 23 heavy (non-hydrogen) atoms. The van der Waals surface area contributed by atoms with Crippen LogP contribution in [0, 0.1) is 0 Å². The Morgan fingerprint density at radius 3 is 2.61 bits per heavy atom. The SMILES string of the molecule is CC(C)(C)OC(=O)N1CCC(n2cc3c(Br)cccc3n2)CC1. The van der Waals surface area contributed by atoms with E-state index in [0.29, 0.717) is 19.1 Å².